The summed E-state index contributed by atoms with van der Waals surface area (Å²) in [6, 6.07) is 8.64. The molecule has 122 valence electrons. The molecule has 0 radical (unpaired) electrons. The minimum Gasteiger partial charge on any atom is -0.462 e. The minimum absolute atomic E-state index is 0.0704. The Morgan fingerprint density at radius 3 is 2.43 bits per heavy atom. The highest BCUT2D eigenvalue weighted by Gasteiger charge is 2.14. The minimum atomic E-state index is -1.72. The van der Waals surface area contributed by atoms with Crippen LogP contribution >= 0.6 is 0 Å². The predicted molar refractivity (Wildman–Crippen MR) is 87.7 cm³/mol. The molecule has 6 nitrogen and oxygen atoms in total. The molecular weight excluding hydrogens is 321 g/mol. The zero-order valence-electron chi connectivity index (χ0n) is 12.3. The summed E-state index contributed by atoms with van der Waals surface area (Å²) in [6.45, 7) is 2.00. The smallest absolute Gasteiger partial charge is 0.338 e. The van der Waals surface area contributed by atoms with Crippen molar-refractivity contribution in [3.05, 3.63) is 47.8 Å². The maximum Gasteiger partial charge on any atom is 0.338 e. The lowest BCUT2D eigenvalue weighted by molar-refractivity contribution is 0.0526. The van der Waals surface area contributed by atoms with Crippen molar-refractivity contribution in [1.82, 2.24) is 0 Å². The van der Waals surface area contributed by atoms with Gasteiger partial charge in [-0.3, -0.25) is 0 Å². The monoisotopic (exact) mass is 337 g/mol. The number of anilines is 3. The lowest BCUT2D eigenvalue weighted by atomic mass is 10.2. The first-order valence-electron chi connectivity index (χ1n) is 6.73. The molecule has 0 spiro atoms. The molecule has 8 heteroatoms. The second-order valence-corrected chi connectivity index (χ2v) is 5.72. The average Bonchev–Trinajstić information content (AvgIpc) is 2.53. The SMILES string of the molecule is CCOC(=O)c1ccc(NS(=O)c2ccc(F)c(N)c2N)cc1. The average molecular weight is 337 g/mol. The third kappa shape index (κ3) is 3.78. The molecule has 0 fully saturated rings. The van der Waals surface area contributed by atoms with Gasteiger partial charge in [0.15, 0.2) is 11.0 Å². The summed E-state index contributed by atoms with van der Waals surface area (Å²) < 4.78 is 33.1. The van der Waals surface area contributed by atoms with E-state index < -0.39 is 22.8 Å². The molecule has 0 amide bonds. The number of benzene rings is 2. The molecule has 2 aromatic rings. The van der Waals surface area contributed by atoms with E-state index in [-0.39, 0.29) is 22.9 Å². The van der Waals surface area contributed by atoms with Crippen molar-refractivity contribution in [3.63, 3.8) is 0 Å². The molecule has 0 aliphatic carbocycles. The number of nitrogens with one attached hydrogen (secondary N) is 1. The molecule has 1 atom stereocenters. The van der Waals surface area contributed by atoms with Crippen molar-refractivity contribution in [2.45, 2.75) is 11.8 Å². The Kier molecular flexibility index (Phi) is 5.17. The van der Waals surface area contributed by atoms with Crippen LogP contribution in [0.15, 0.2) is 41.3 Å². The zero-order chi connectivity index (χ0) is 17.0. The van der Waals surface area contributed by atoms with E-state index in [1.54, 1.807) is 31.2 Å². The van der Waals surface area contributed by atoms with Crippen LogP contribution in [0.3, 0.4) is 0 Å². The van der Waals surface area contributed by atoms with Crippen molar-refractivity contribution in [1.29, 1.82) is 0 Å². The van der Waals surface area contributed by atoms with E-state index in [4.69, 9.17) is 16.2 Å². The molecular formula is C15H16FN3O3S. The number of ether oxygens (including phenoxy) is 1. The van der Waals surface area contributed by atoms with Gasteiger partial charge in [0, 0.05) is 5.69 Å². The second kappa shape index (κ2) is 7.10. The Labute approximate surface area is 135 Å². The van der Waals surface area contributed by atoms with E-state index in [1.807, 2.05) is 0 Å². The molecule has 0 aromatic heterocycles. The molecule has 0 saturated carbocycles. The summed E-state index contributed by atoms with van der Waals surface area (Å²) in [5, 5.41) is 0. The molecule has 1 unspecified atom stereocenters. The van der Waals surface area contributed by atoms with Gasteiger partial charge in [0.05, 0.1) is 28.4 Å². The number of rotatable bonds is 5. The van der Waals surface area contributed by atoms with Gasteiger partial charge in [-0.15, -0.1) is 0 Å². The van der Waals surface area contributed by atoms with Crippen LogP contribution < -0.4 is 16.2 Å². The van der Waals surface area contributed by atoms with E-state index >= 15 is 0 Å². The molecule has 0 aliphatic rings. The first kappa shape index (κ1) is 16.8. The van der Waals surface area contributed by atoms with Gasteiger partial charge >= 0.3 is 5.97 Å². The zero-order valence-corrected chi connectivity index (χ0v) is 13.2. The maximum absolute atomic E-state index is 13.3. The molecule has 2 rings (SSSR count). The lowest BCUT2D eigenvalue weighted by Crippen LogP contribution is -2.10. The van der Waals surface area contributed by atoms with Crippen LogP contribution in [-0.2, 0) is 15.7 Å². The summed E-state index contributed by atoms with van der Waals surface area (Å²) in [4.78, 5) is 11.7. The number of esters is 1. The number of halogens is 1. The van der Waals surface area contributed by atoms with Crippen molar-refractivity contribution in [2.24, 2.45) is 0 Å². The second-order valence-electron chi connectivity index (χ2n) is 4.54. The fourth-order valence-electron chi connectivity index (χ4n) is 1.80. The Bertz CT molecular complexity index is 750. The summed E-state index contributed by atoms with van der Waals surface area (Å²) in [5.74, 6) is -1.10. The molecule has 23 heavy (non-hydrogen) atoms. The van der Waals surface area contributed by atoms with Gasteiger partial charge in [-0.1, -0.05) is 0 Å². The van der Waals surface area contributed by atoms with Gasteiger partial charge in [-0.25, -0.2) is 13.4 Å². The highest BCUT2D eigenvalue weighted by molar-refractivity contribution is 7.86. The highest BCUT2D eigenvalue weighted by atomic mass is 32.2. The van der Waals surface area contributed by atoms with Crippen LogP contribution in [0.1, 0.15) is 17.3 Å². The van der Waals surface area contributed by atoms with Gasteiger partial charge in [0.1, 0.15) is 5.82 Å². The van der Waals surface area contributed by atoms with Gasteiger partial charge < -0.3 is 20.9 Å². The van der Waals surface area contributed by atoms with Gasteiger partial charge in [-0.2, -0.15) is 0 Å². The highest BCUT2D eigenvalue weighted by Crippen LogP contribution is 2.26. The van der Waals surface area contributed by atoms with Crippen LogP contribution in [0.25, 0.3) is 0 Å². The molecule has 0 saturated heterocycles. The number of hydrogen-bond donors (Lipinski definition) is 3. The number of hydrogen-bond acceptors (Lipinski definition) is 5. The maximum atomic E-state index is 13.3. The summed E-state index contributed by atoms with van der Waals surface area (Å²) >= 11 is 0. The first-order valence-corrected chi connectivity index (χ1v) is 7.88. The van der Waals surface area contributed by atoms with E-state index in [9.17, 15) is 13.4 Å². The van der Waals surface area contributed by atoms with Gasteiger partial charge in [0.2, 0.25) is 0 Å². The lowest BCUT2D eigenvalue weighted by Gasteiger charge is -2.11. The van der Waals surface area contributed by atoms with Gasteiger partial charge in [-0.05, 0) is 43.3 Å². The van der Waals surface area contributed by atoms with Crippen molar-refractivity contribution >= 4 is 34.0 Å². The quantitative estimate of drug-likeness (QED) is 0.573. The predicted octanol–water partition coefficient (Wildman–Crippen LogP) is 2.30. The van der Waals surface area contributed by atoms with E-state index in [0.29, 0.717) is 11.3 Å². The first-order chi connectivity index (χ1) is 10.9. The molecule has 2 aromatic carbocycles. The van der Waals surface area contributed by atoms with Gasteiger partial charge in [0.25, 0.3) is 0 Å². The van der Waals surface area contributed by atoms with Crippen LogP contribution in [-0.4, -0.2) is 16.8 Å². The standard InChI is InChI=1S/C15H16FN3O3S/c1-2-22-15(20)9-3-5-10(6-4-9)19-23(21)12-8-7-11(16)13(17)14(12)18/h3-8,19H,2,17-18H2,1H3. The van der Waals surface area contributed by atoms with Crippen LogP contribution in [0.4, 0.5) is 21.5 Å². The molecule has 0 bridgehead atoms. The van der Waals surface area contributed by atoms with Crippen LogP contribution in [0.2, 0.25) is 0 Å². The Balaban J connectivity index is 2.15. The Morgan fingerprint density at radius 1 is 1.17 bits per heavy atom. The number of nitrogens with two attached hydrogens (primary N) is 2. The molecule has 0 aliphatic heterocycles. The largest absolute Gasteiger partial charge is 0.462 e. The molecule has 0 heterocycles. The normalized spacial score (nSPS) is 11.7. The van der Waals surface area contributed by atoms with Crippen LogP contribution in [0.5, 0.6) is 0 Å². The Morgan fingerprint density at radius 2 is 1.83 bits per heavy atom. The third-order valence-corrected chi connectivity index (χ3v) is 4.18. The fraction of sp³-hybridized carbons (Fsp3) is 0.133. The van der Waals surface area contributed by atoms with E-state index in [1.165, 1.54) is 6.07 Å². The number of carbonyl (C=O) groups is 1. The number of nitrogen functional groups attached to an aromatic ring is 2. The topological polar surface area (TPSA) is 107 Å². The molecule has 5 N–H and O–H groups in total. The fourth-order valence-corrected chi connectivity index (χ4v) is 2.76. The van der Waals surface area contributed by atoms with Crippen molar-refractivity contribution in [3.8, 4) is 0 Å². The van der Waals surface area contributed by atoms with E-state index in [2.05, 4.69) is 4.72 Å². The number of carbonyl (C=O) groups excluding carboxylic acids is 1. The van der Waals surface area contributed by atoms with Crippen molar-refractivity contribution < 1.29 is 18.1 Å². The summed E-state index contributed by atoms with van der Waals surface area (Å²) in [5.41, 5.74) is 11.7. The van der Waals surface area contributed by atoms with Crippen LogP contribution in [0, 0.1) is 5.82 Å². The van der Waals surface area contributed by atoms with Crippen molar-refractivity contribution in [2.75, 3.05) is 22.8 Å². The van der Waals surface area contributed by atoms with E-state index in [0.717, 1.165) is 6.07 Å². The summed E-state index contributed by atoms with van der Waals surface area (Å²) in [7, 11) is -1.72. The summed E-state index contributed by atoms with van der Waals surface area (Å²) in [6.07, 6.45) is 0. The third-order valence-electron chi connectivity index (χ3n) is 3.00. The Hall–Kier alpha value is -2.61.